The van der Waals surface area contributed by atoms with Gasteiger partial charge in [-0.1, -0.05) is 42.5 Å². The Kier molecular flexibility index (Phi) is 7.52. The predicted molar refractivity (Wildman–Crippen MR) is 108 cm³/mol. The third-order valence-corrected chi connectivity index (χ3v) is 4.46. The highest BCUT2D eigenvalue weighted by molar-refractivity contribution is 5.94. The third-order valence-electron chi connectivity index (χ3n) is 4.46. The van der Waals surface area contributed by atoms with E-state index < -0.39 is 4.92 Å². The van der Waals surface area contributed by atoms with Crippen LogP contribution in [0.1, 0.15) is 15.9 Å². The number of rotatable bonds is 5. The standard InChI is InChI=1S/C20H21N3O3.ClH/c24-20(18-8-10-19(11-9-18)23(25)26)22-15-13-21(14-16-22)12-4-7-17-5-2-1-3-6-17;/h1-11H,12-16H2;1H. The molecular formula is C20H22ClN3O3. The van der Waals surface area contributed by atoms with Crippen LogP contribution in [0, 0.1) is 10.1 Å². The van der Waals surface area contributed by atoms with E-state index in [2.05, 4.69) is 29.2 Å². The van der Waals surface area contributed by atoms with Crippen molar-refractivity contribution in [1.82, 2.24) is 9.80 Å². The molecule has 7 heteroatoms. The van der Waals surface area contributed by atoms with Crippen LogP contribution in [0.25, 0.3) is 6.08 Å². The second-order valence-corrected chi connectivity index (χ2v) is 6.21. The first kappa shape index (κ1) is 20.6. The van der Waals surface area contributed by atoms with Gasteiger partial charge in [0, 0.05) is 50.4 Å². The second-order valence-electron chi connectivity index (χ2n) is 6.21. The second kappa shape index (κ2) is 9.85. The van der Waals surface area contributed by atoms with E-state index in [4.69, 9.17) is 0 Å². The molecule has 1 aliphatic rings. The number of carbonyl (C=O) groups is 1. The Morgan fingerprint density at radius 2 is 1.63 bits per heavy atom. The summed E-state index contributed by atoms with van der Waals surface area (Å²) in [5.41, 5.74) is 1.67. The smallest absolute Gasteiger partial charge is 0.269 e. The maximum Gasteiger partial charge on any atom is 0.269 e. The van der Waals surface area contributed by atoms with Crippen molar-refractivity contribution in [2.45, 2.75) is 0 Å². The number of nitro groups is 1. The maximum atomic E-state index is 12.5. The van der Waals surface area contributed by atoms with Crippen LogP contribution in [-0.4, -0.2) is 53.4 Å². The molecule has 1 saturated heterocycles. The van der Waals surface area contributed by atoms with Crippen LogP contribution in [0.15, 0.2) is 60.7 Å². The van der Waals surface area contributed by atoms with Gasteiger partial charge in [0.1, 0.15) is 0 Å². The Labute approximate surface area is 164 Å². The molecule has 0 atom stereocenters. The van der Waals surface area contributed by atoms with Gasteiger partial charge in [0.05, 0.1) is 4.92 Å². The van der Waals surface area contributed by atoms with Crippen LogP contribution in [0.2, 0.25) is 0 Å². The minimum Gasteiger partial charge on any atom is -0.336 e. The molecule has 0 unspecified atom stereocenters. The molecule has 6 nitrogen and oxygen atoms in total. The van der Waals surface area contributed by atoms with Crippen molar-refractivity contribution >= 4 is 30.1 Å². The number of piperazine rings is 1. The summed E-state index contributed by atoms with van der Waals surface area (Å²) < 4.78 is 0. The van der Waals surface area contributed by atoms with Gasteiger partial charge in [-0.15, -0.1) is 12.4 Å². The van der Waals surface area contributed by atoms with Gasteiger partial charge in [0.25, 0.3) is 11.6 Å². The lowest BCUT2D eigenvalue weighted by Crippen LogP contribution is -2.48. The molecule has 27 heavy (non-hydrogen) atoms. The number of amides is 1. The molecule has 0 N–H and O–H groups in total. The summed E-state index contributed by atoms with van der Waals surface area (Å²) in [5.74, 6) is -0.0700. The normalized spacial score (nSPS) is 14.7. The quantitative estimate of drug-likeness (QED) is 0.581. The number of nitrogens with zero attached hydrogens (tertiary/aromatic N) is 3. The number of nitro benzene ring substituents is 1. The Morgan fingerprint density at radius 1 is 1.00 bits per heavy atom. The van der Waals surface area contributed by atoms with Crippen molar-refractivity contribution in [3.05, 3.63) is 81.9 Å². The fourth-order valence-corrected chi connectivity index (χ4v) is 2.94. The Bertz CT molecular complexity index is 786. The van der Waals surface area contributed by atoms with E-state index in [0.29, 0.717) is 18.7 Å². The highest BCUT2D eigenvalue weighted by atomic mass is 35.5. The van der Waals surface area contributed by atoms with Crippen molar-refractivity contribution in [2.75, 3.05) is 32.7 Å². The van der Waals surface area contributed by atoms with Gasteiger partial charge in [-0.05, 0) is 17.7 Å². The number of benzene rings is 2. The minimum absolute atomic E-state index is 0. The summed E-state index contributed by atoms with van der Waals surface area (Å²) in [7, 11) is 0. The van der Waals surface area contributed by atoms with Crippen LogP contribution >= 0.6 is 12.4 Å². The molecule has 0 spiro atoms. The van der Waals surface area contributed by atoms with E-state index in [1.54, 1.807) is 4.90 Å². The number of carbonyl (C=O) groups excluding carboxylic acids is 1. The van der Waals surface area contributed by atoms with E-state index in [0.717, 1.165) is 19.6 Å². The van der Waals surface area contributed by atoms with Gasteiger partial charge < -0.3 is 4.90 Å². The maximum absolute atomic E-state index is 12.5. The minimum atomic E-state index is -0.462. The largest absolute Gasteiger partial charge is 0.336 e. The topological polar surface area (TPSA) is 66.7 Å². The van der Waals surface area contributed by atoms with E-state index >= 15 is 0 Å². The first-order chi connectivity index (χ1) is 12.6. The lowest BCUT2D eigenvalue weighted by Gasteiger charge is -2.34. The third kappa shape index (κ3) is 5.64. The van der Waals surface area contributed by atoms with Crippen LogP contribution in [-0.2, 0) is 0 Å². The SMILES string of the molecule is Cl.O=C(c1ccc([N+](=O)[O-])cc1)N1CCN(CC=Cc2ccccc2)CC1. The molecule has 1 heterocycles. The van der Waals surface area contributed by atoms with Crippen LogP contribution in [0.4, 0.5) is 5.69 Å². The molecule has 0 radical (unpaired) electrons. The van der Waals surface area contributed by atoms with Crippen molar-refractivity contribution in [2.24, 2.45) is 0 Å². The van der Waals surface area contributed by atoms with Crippen LogP contribution in [0.3, 0.4) is 0 Å². The van der Waals surface area contributed by atoms with E-state index in [9.17, 15) is 14.9 Å². The summed E-state index contributed by atoms with van der Waals surface area (Å²) in [4.78, 5) is 26.9. The fourth-order valence-electron chi connectivity index (χ4n) is 2.94. The fraction of sp³-hybridized carbons (Fsp3) is 0.250. The number of hydrogen-bond donors (Lipinski definition) is 0. The molecule has 1 amide bonds. The number of hydrogen-bond acceptors (Lipinski definition) is 4. The Morgan fingerprint density at radius 3 is 2.22 bits per heavy atom. The molecule has 1 fully saturated rings. The molecule has 0 bridgehead atoms. The van der Waals surface area contributed by atoms with Gasteiger partial charge in [-0.25, -0.2) is 0 Å². The van der Waals surface area contributed by atoms with Crippen LogP contribution in [0.5, 0.6) is 0 Å². The average molecular weight is 388 g/mol. The van der Waals surface area contributed by atoms with E-state index in [1.807, 2.05) is 18.2 Å². The zero-order valence-electron chi connectivity index (χ0n) is 14.9. The van der Waals surface area contributed by atoms with Gasteiger partial charge in [0.15, 0.2) is 0 Å². The average Bonchev–Trinajstić information content (AvgIpc) is 2.69. The molecule has 1 aliphatic heterocycles. The Balaban J connectivity index is 0.00000261. The van der Waals surface area contributed by atoms with Crippen molar-refractivity contribution in [1.29, 1.82) is 0 Å². The monoisotopic (exact) mass is 387 g/mol. The first-order valence-corrected chi connectivity index (χ1v) is 8.61. The summed E-state index contributed by atoms with van der Waals surface area (Å²) in [6, 6.07) is 16.0. The summed E-state index contributed by atoms with van der Waals surface area (Å²) >= 11 is 0. The summed E-state index contributed by atoms with van der Waals surface area (Å²) in [6.07, 6.45) is 4.25. The highest BCUT2D eigenvalue weighted by Gasteiger charge is 2.21. The summed E-state index contributed by atoms with van der Waals surface area (Å²) in [6.45, 7) is 3.81. The molecule has 142 valence electrons. The highest BCUT2D eigenvalue weighted by Crippen LogP contribution is 2.14. The molecular weight excluding hydrogens is 366 g/mol. The van der Waals surface area contributed by atoms with E-state index in [1.165, 1.54) is 29.8 Å². The molecule has 0 aliphatic carbocycles. The van der Waals surface area contributed by atoms with Crippen molar-refractivity contribution in [3.63, 3.8) is 0 Å². The number of non-ortho nitro benzene ring substituents is 1. The number of halogens is 1. The molecule has 0 aromatic heterocycles. The zero-order valence-corrected chi connectivity index (χ0v) is 15.7. The lowest BCUT2D eigenvalue weighted by molar-refractivity contribution is -0.384. The first-order valence-electron chi connectivity index (χ1n) is 8.61. The molecule has 2 aromatic carbocycles. The van der Waals surface area contributed by atoms with Crippen LogP contribution < -0.4 is 0 Å². The van der Waals surface area contributed by atoms with Crippen molar-refractivity contribution in [3.8, 4) is 0 Å². The predicted octanol–water partition coefficient (Wildman–Crippen LogP) is 3.49. The molecule has 3 rings (SSSR count). The molecule has 2 aromatic rings. The van der Waals surface area contributed by atoms with Gasteiger partial charge in [-0.2, -0.15) is 0 Å². The zero-order chi connectivity index (χ0) is 18.4. The lowest BCUT2D eigenvalue weighted by atomic mass is 10.1. The molecule has 0 saturated carbocycles. The van der Waals surface area contributed by atoms with E-state index in [-0.39, 0.29) is 24.0 Å². The van der Waals surface area contributed by atoms with Gasteiger partial charge in [-0.3, -0.25) is 19.8 Å². The summed E-state index contributed by atoms with van der Waals surface area (Å²) in [5, 5.41) is 10.7. The van der Waals surface area contributed by atoms with Crippen molar-refractivity contribution < 1.29 is 9.72 Å². The van der Waals surface area contributed by atoms with Gasteiger partial charge in [0.2, 0.25) is 0 Å². The Hall–Kier alpha value is -2.70. The van der Waals surface area contributed by atoms with Gasteiger partial charge >= 0.3 is 0 Å².